The van der Waals surface area contributed by atoms with Crippen LogP contribution in [0.4, 0.5) is 4.79 Å². The fourth-order valence-electron chi connectivity index (χ4n) is 3.07. The van der Waals surface area contributed by atoms with E-state index in [1.165, 1.54) is 17.7 Å². The first kappa shape index (κ1) is 17.5. The lowest BCUT2D eigenvalue weighted by molar-refractivity contribution is -0.129. The smallest absolute Gasteiger partial charge is 0.417 e. The Morgan fingerprint density at radius 2 is 1.96 bits per heavy atom. The van der Waals surface area contributed by atoms with E-state index in [9.17, 15) is 9.59 Å². The van der Waals surface area contributed by atoms with Crippen LogP contribution in [0, 0.1) is 5.92 Å². The Labute approximate surface area is 138 Å². The van der Waals surface area contributed by atoms with Crippen molar-refractivity contribution >= 4 is 12.0 Å². The summed E-state index contributed by atoms with van der Waals surface area (Å²) in [4.78, 5) is 25.9. The molecule has 2 amide bonds. The van der Waals surface area contributed by atoms with Crippen LogP contribution in [0.1, 0.15) is 64.5 Å². The van der Waals surface area contributed by atoms with Gasteiger partial charge < -0.3 is 4.74 Å². The molecule has 1 aliphatic heterocycles. The zero-order valence-electron chi connectivity index (χ0n) is 14.3. The van der Waals surface area contributed by atoms with E-state index in [1.54, 1.807) is 0 Å². The number of nitrogens with zero attached hydrogens (tertiary/aromatic N) is 1. The molecule has 2 rings (SSSR count). The Balaban J connectivity index is 1.94. The average molecular weight is 317 g/mol. The van der Waals surface area contributed by atoms with Gasteiger partial charge in [0.05, 0.1) is 6.04 Å². The fraction of sp³-hybridized carbons (Fsp3) is 0.579. The van der Waals surface area contributed by atoms with Gasteiger partial charge >= 0.3 is 6.09 Å². The summed E-state index contributed by atoms with van der Waals surface area (Å²) >= 11 is 0. The van der Waals surface area contributed by atoms with Crippen molar-refractivity contribution in [2.24, 2.45) is 5.92 Å². The van der Waals surface area contributed by atoms with E-state index < -0.39 is 6.09 Å². The molecule has 0 bridgehead atoms. The Bertz CT molecular complexity index is 529. The van der Waals surface area contributed by atoms with Crippen molar-refractivity contribution in [2.45, 2.75) is 65.0 Å². The quantitative estimate of drug-likeness (QED) is 0.732. The molecule has 126 valence electrons. The number of ether oxygens (including phenoxy) is 1. The van der Waals surface area contributed by atoms with E-state index in [-0.39, 0.29) is 18.1 Å². The molecule has 0 N–H and O–H groups in total. The summed E-state index contributed by atoms with van der Waals surface area (Å²) in [6.07, 6.45) is 3.84. The van der Waals surface area contributed by atoms with Gasteiger partial charge in [-0.15, -0.1) is 0 Å². The second-order valence-corrected chi connectivity index (χ2v) is 6.51. The van der Waals surface area contributed by atoms with Crippen molar-refractivity contribution < 1.29 is 14.3 Å². The van der Waals surface area contributed by atoms with Gasteiger partial charge in [0.2, 0.25) is 5.91 Å². The van der Waals surface area contributed by atoms with Crippen molar-refractivity contribution in [3.63, 3.8) is 0 Å². The minimum atomic E-state index is -0.516. The third kappa shape index (κ3) is 4.34. The zero-order valence-corrected chi connectivity index (χ0v) is 14.3. The van der Waals surface area contributed by atoms with Crippen LogP contribution in [0.5, 0.6) is 0 Å². The molecule has 0 saturated carbocycles. The van der Waals surface area contributed by atoms with E-state index in [0.29, 0.717) is 12.3 Å². The third-order valence-corrected chi connectivity index (χ3v) is 4.57. The second kappa shape index (κ2) is 8.14. The summed E-state index contributed by atoms with van der Waals surface area (Å²) in [5, 5.41) is 0. The highest BCUT2D eigenvalue weighted by Gasteiger charge is 2.42. The molecule has 0 aliphatic carbocycles. The maximum atomic E-state index is 12.4. The van der Waals surface area contributed by atoms with E-state index in [4.69, 9.17) is 4.74 Å². The number of imide groups is 1. The molecule has 0 spiro atoms. The van der Waals surface area contributed by atoms with Gasteiger partial charge in [0.15, 0.2) is 0 Å². The van der Waals surface area contributed by atoms with Gasteiger partial charge in [-0.3, -0.25) is 4.79 Å². The van der Waals surface area contributed by atoms with Crippen LogP contribution in [-0.2, 0) is 9.53 Å². The molecule has 1 aromatic carbocycles. The van der Waals surface area contributed by atoms with Crippen LogP contribution in [0.15, 0.2) is 30.3 Å². The standard InChI is InChI=1S/C19H27NO3/c1-4-5-9-14(2)12-13-17(21)20-15(3)18(23-19(20)22)16-10-7-6-8-11-16/h6-8,10-11,14-15,18H,4-5,9,12-13H2,1-3H3/t14?,15-,18-/m1/s1. The SMILES string of the molecule is CCCCC(C)CCC(=O)N1C(=O)O[C@@H](c2ccccc2)[C@H]1C. The van der Waals surface area contributed by atoms with Crippen LogP contribution in [0.3, 0.4) is 0 Å². The molecule has 3 atom stereocenters. The largest absolute Gasteiger partial charge is 0.439 e. The zero-order chi connectivity index (χ0) is 16.8. The molecule has 1 aromatic rings. The first-order chi connectivity index (χ1) is 11.0. The van der Waals surface area contributed by atoms with Crippen LogP contribution >= 0.6 is 0 Å². The summed E-state index contributed by atoms with van der Waals surface area (Å²) in [6, 6.07) is 9.34. The third-order valence-electron chi connectivity index (χ3n) is 4.57. The number of carbonyl (C=O) groups excluding carboxylic acids is 2. The van der Waals surface area contributed by atoms with Gasteiger partial charge in [-0.1, -0.05) is 63.4 Å². The van der Waals surface area contributed by atoms with Crippen LogP contribution in [0.25, 0.3) is 0 Å². The molecule has 1 heterocycles. The van der Waals surface area contributed by atoms with Crippen molar-refractivity contribution in [2.75, 3.05) is 0 Å². The van der Waals surface area contributed by atoms with Gasteiger partial charge in [-0.2, -0.15) is 0 Å². The molecular weight excluding hydrogens is 290 g/mol. The van der Waals surface area contributed by atoms with Crippen molar-refractivity contribution in [1.29, 1.82) is 0 Å². The molecule has 0 radical (unpaired) electrons. The lowest BCUT2D eigenvalue weighted by atomic mass is 9.98. The van der Waals surface area contributed by atoms with Gasteiger partial charge in [-0.05, 0) is 24.8 Å². The van der Waals surface area contributed by atoms with Crippen molar-refractivity contribution in [3.05, 3.63) is 35.9 Å². The fourth-order valence-corrected chi connectivity index (χ4v) is 3.07. The van der Waals surface area contributed by atoms with Crippen LogP contribution in [0.2, 0.25) is 0 Å². The van der Waals surface area contributed by atoms with Gasteiger partial charge in [0.25, 0.3) is 0 Å². The molecular formula is C19H27NO3. The number of cyclic esters (lactones) is 1. The number of benzene rings is 1. The minimum Gasteiger partial charge on any atom is -0.439 e. The summed E-state index contributed by atoms with van der Waals surface area (Å²) in [5.41, 5.74) is 0.931. The predicted octanol–water partition coefficient (Wildman–Crippen LogP) is 4.70. The maximum absolute atomic E-state index is 12.4. The second-order valence-electron chi connectivity index (χ2n) is 6.51. The number of hydrogen-bond acceptors (Lipinski definition) is 3. The first-order valence-corrected chi connectivity index (χ1v) is 8.62. The molecule has 1 aliphatic rings. The summed E-state index contributed by atoms with van der Waals surface area (Å²) in [5.74, 6) is 0.391. The summed E-state index contributed by atoms with van der Waals surface area (Å²) in [6.45, 7) is 6.21. The first-order valence-electron chi connectivity index (χ1n) is 8.62. The minimum absolute atomic E-state index is 0.121. The van der Waals surface area contributed by atoms with Crippen LogP contribution in [-0.4, -0.2) is 22.9 Å². The number of amides is 2. The Morgan fingerprint density at radius 3 is 2.61 bits per heavy atom. The van der Waals surface area contributed by atoms with Crippen molar-refractivity contribution in [1.82, 2.24) is 4.90 Å². The molecule has 1 saturated heterocycles. The highest BCUT2D eigenvalue weighted by molar-refractivity contribution is 5.93. The molecule has 1 fully saturated rings. The topological polar surface area (TPSA) is 46.6 Å². The molecule has 4 nitrogen and oxygen atoms in total. The van der Waals surface area contributed by atoms with Gasteiger partial charge in [0.1, 0.15) is 6.10 Å². The van der Waals surface area contributed by atoms with E-state index in [1.807, 2.05) is 37.3 Å². The Hall–Kier alpha value is -1.84. The highest BCUT2D eigenvalue weighted by Crippen LogP contribution is 2.33. The van der Waals surface area contributed by atoms with E-state index in [2.05, 4.69) is 13.8 Å². The van der Waals surface area contributed by atoms with E-state index >= 15 is 0 Å². The van der Waals surface area contributed by atoms with Crippen molar-refractivity contribution in [3.8, 4) is 0 Å². The maximum Gasteiger partial charge on any atom is 0.417 e. The van der Waals surface area contributed by atoms with E-state index in [0.717, 1.165) is 18.4 Å². The monoisotopic (exact) mass is 317 g/mol. The van der Waals surface area contributed by atoms with Gasteiger partial charge in [-0.25, -0.2) is 9.69 Å². The molecule has 4 heteroatoms. The Morgan fingerprint density at radius 1 is 1.26 bits per heavy atom. The predicted molar refractivity (Wildman–Crippen MR) is 89.9 cm³/mol. The van der Waals surface area contributed by atoms with Gasteiger partial charge in [0, 0.05) is 6.42 Å². The Kier molecular flexibility index (Phi) is 6.20. The number of unbranched alkanes of at least 4 members (excludes halogenated alkanes) is 1. The molecule has 1 unspecified atom stereocenters. The summed E-state index contributed by atoms with van der Waals surface area (Å²) < 4.78 is 5.43. The number of carbonyl (C=O) groups is 2. The molecule has 23 heavy (non-hydrogen) atoms. The summed E-state index contributed by atoms with van der Waals surface area (Å²) in [7, 11) is 0. The average Bonchev–Trinajstić information content (AvgIpc) is 2.86. The normalized spacial score (nSPS) is 22.0. The number of hydrogen-bond donors (Lipinski definition) is 0. The lowest BCUT2D eigenvalue weighted by Gasteiger charge is -2.20. The lowest BCUT2D eigenvalue weighted by Crippen LogP contribution is -2.37. The highest BCUT2D eigenvalue weighted by atomic mass is 16.6. The van der Waals surface area contributed by atoms with Crippen LogP contribution < -0.4 is 0 Å². The number of rotatable bonds is 7. The molecule has 0 aromatic heterocycles.